The van der Waals surface area contributed by atoms with E-state index in [4.69, 9.17) is 16.0 Å². The predicted molar refractivity (Wildman–Crippen MR) is 132 cm³/mol. The van der Waals surface area contributed by atoms with Crippen molar-refractivity contribution < 1.29 is 26.0 Å². The van der Waals surface area contributed by atoms with Crippen molar-refractivity contribution in [3.8, 4) is 11.5 Å². The van der Waals surface area contributed by atoms with Gasteiger partial charge in [-0.3, -0.25) is 10.1 Å². The minimum absolute atomic E-state index is 0.101. The first-order valence-corrected chi connectivity index (χ1v) is 14.2. The maximum atomic E-state index is 12.8. The van der Waals surface area contributed by atoms with Gasteiger partial charge in [0.15, 0.2) is 0 Å². The Bertz CT molecular complexity index is 1450. The fourth-order valence-electron chi connectivity index (χ4n) is 3.69. The molecule has 2 aromatic carbocycles. The standard InChI is InChI=1S/C22H24ClN5O6S2/c1-27(2)35(30,31)18-7-3-16(4-8-18)21-25-26-22(34-21)24-20(29)15-11-13-28(14-12-15)36(32,33)19-9-5-17(23)6-10-19/h3-10,15H,11-14H2,1-2H3,(H,24,26,29). The zero-order chi connectivity index (χ0) is 26.1. The number of carbonyl (C=O) groups is 1. The van der Waals surface area contributed by atoms with E-state index in [9.17, 15) is 21.6 Å². The van der Waals surface area contributed by atoms with Gasteiger partial charge >= 0.3 is 6.01 Å². The number of hydrogen-bond acceptors (Lipinski definition) is 8. The summed E-state index contributed by atoms with van der Waals surface area (Å²) in [5.74, 6) is -0.656. The van der Waals surface area contributed by atoms with Gasteiger partial charge in [-0.25, -0.2) is 21.1 Å². The maximum absolute atomic E-state index is 12.8. The molecule has 0 spiro atoms. The molecule has 1 fully saturated rings. The Morgan fingerprint density at radius 1 is 0.972 bits per heavy atom. The van der Waals surface area contributed by atoms with Crippen molar-refractivity contribution in [1.82, 2.24) is 18.8 Å². The monoisotopic (exact) mass is 553 g/mol. The second kappa shape index (κ2) is 10.3. The van der Waals surface area contributed by atoms with Crippen molar-refractivity contribution in [2.45, 2.75) is 22.6 Å². The van der Waals surface area contributed by atoms with Gasteiger partial charge in [-0.2, -0.15) is 4.31 Å². The molecule has 0 bridgehead atoms. The third-order valence-corrected chi connectivity index (χ3v) is 9.81. The number of piperidine rings is 1. The van der Waals surface area contributed by atoms with Crippen LogP contribution in [0, 0.1) is 5.92 Å². The molecule has 1 amide bonds. The number of halogens is 1. The van der Waals surface area contributed by atoms with Gasteiger partial charge < -0.3 is 4.42 Å². The fraction of sp³-hybridized carbons (Fsp3) is 0.318. The van der Waals surface area contributed by atoms with E-state index in [1.54, 1.807) is 0 Å². The lowest BCUT2D eigenvalue weighted by Gasteiger charge is -2.30. The number of nitrogens with one attached hydrogen (secondary N) is 1. The molecule has 1 N–H and O–H groups in total. The number of sulfonamides is 2. The van der Waals surface area contributed by atoms with Gasteiger partial charge in [0, 0.05) is 43.7 Å². The second-order valence-electron chi connectivity index (χ2n) is 8.35. The number of benzene rings is 2. The Hall–Kier alpha value is -2.84. The first kappa shape index (κ1) is 26.2. The number of rotatable bonds is 7. The number of amides is 1. The van der Waals surface area contributed by atoms with E-state index < -0.39 is 26.0 Å². The Kier molecular flexibility index (Phi) is 7.48. The Labute approximate surface area is 214 Å². The second-order valence-corrected chi connectivity index (χ2v) is 12.9. The first-order chi connectivity index (χ1) is 17.0. The van der Waals surface area contributed by atoms with Gasteiger partial charge in [0.2, 0.25) is 31.8 Å². The molecule has 1 aliphatic rings. The molecule has 1 aliphatic heterocycles. The lowest BCUT2D eigenvalue weighted by Crippen LogP contribution is -2.41. The molecule has 0 atom stereocenters. The molecule has 0 unspecified atom stereocenters. The summed E-state index contributed by atoms with van der Waals surface area (Å²) in [7, 11) is -4.35. The normalized spacial score (nSPS) is 15.8. The van der Waals surface area contributed by atoms with Gasteiger partial charge in [-0.15, -0.1) is 5.10 Å². The molecule has 3 aromatic rings. The van der Waals surface area contributed by atoms with Crippen molar-refractivity contribution in [3.63, 3.8) is 0 Å². The Morgan fingerprint density at radius 2 is 1.56 bits per heavy atom. The molecule has 4 rings (SSSR count). The quantitative estimate of drug-likeness (QED) is 0.470. The van der Waals surface area contributed by atoms with Crippen LogP contribution in [0.2, 0.25) is 5.02 Å². The van der Waals surface area contributed by atoms with Gasteiger partial charge in [0.1, 0.15) is 0 Å². The minimum atomic E-state index is -3.67. The molecule has 11 nitrogen and oxygen atoms in total. The summed E-state index contributed by atoms with van der Waals surface area (Å²) in [6.45, 7) is 0.390. The summed E-state index contributed by atoms with van der Waals surface area (Å²) in [5, 5.41) is 10.8. The van der Waals surface area contributed by atoms with Gasteiger partial charge in [0.05, 0.1) is 9.79 Å². The largest absolute Gasteiger partial charge is 0.403 e. The molecule has 0 radical (unpaired) electrons. The summed E-state index contributed by atoms with van der Waals surface area (Å²) >= 11 is 5.84. The third kappa shape index (κ3) is 5.44. The van der Waals surface area contributed by atoms with E-state index in [1.165, 1.54) is 66.9 Å². The summed E-state index contributed by atoms with van der Waals surface area (Å²) < 4.78 is 58.0. The van der Waals surface area contributed by atoms with Crippen molar-refractivity contribution in [3.05, 3.63) is 53.6 Å². The summed E-state index contributed by atoms with van der Waals surface area (Å²) in [6.07, 6.45) is 0.670. The molecule has 2 heterocycles. The van der Waals surface area contributed by atoms with E-state index in [-0.39, 0.29) is 40.7 Å². The van der Waals surface area contributed by atoms with Crippen molar-refractivity contribution in [1.29, 1.82) is 0 Å². The molecule has 1 aromatic heterocycles. The van der Waals surface area contributed by atoms with E-state index in [1.807, 2.05) is 0 Å². The highest BCUT2D eigenvalue weighted by molar-refractivity contribution is 7.89. The van der Waals surface area contributed by atoms with Crippen LogP contribution in [-0.4, -0.2) is 68.7 Å². The number of carbonyl (C=O) groups excluding carboxylic acids is 1. The highest BCUT2D eigenvalue weighted by atomic mass is 35.5. The number of anilines is 1. The number of nitrogens with zero attached hydrogens (tertiary/aromatic N) is 4. The average Bonchev–Trinajstić information content (AvgIpc) is 3.33. The Balaban J connectivity index is 1.36. The molecular weight excluding hydrogens is 530 g/mol. The minimum Gasteiger partial charge on any atom is -0.403 e. The highest BCUT2D eigenvalue weighted by Crippen LogP contribution is 2.27. The van der Waals surface area contributed by atoms with Crippen LogP contribution in [0.1, 0.15) is 12.8 Å². The topological polar surface area (TPSA) is 143 Å². The zero-order valence-electron chi connectivity index (χ0n) is 19.5. The third-order valence-electron chi connectivity index (χ3n) is 5.81. The summed E-state index contributed by atoms with van der Waals surface area (Å²) in [5.41, 5.74) is 0.487. The van der Waals surface area contributed by atoms with Crippen LogP contribution in [0.4, 0.5) is 6.01 Å². The predicted octanol–water partition coefficient (Wildman–Crippen LogP) is 2.68. The SMILES string of the molecule is CN(C)S(=O)(=O)c1ccc(-c2nnc(NC(=O)C3CCN(S(=O)(=O)c4ccc(Cl)cc4)CC3)o2)cc1. The van der Waals surface area contributed by atoms with Crippen molar-refractivity contribution in [2.75, 3.05) is 32.5 Å². The van der Waals surface area contributed by atoms with Crippen molar-refractivity contribution >= 4 is 43.6 Å². The number of hydrogen-bond donors (Lipinski definition) is 1. The lowest BCUT2D eigenvalue weighted by atomic mass is 9.97. The molecule has 1 saturated heterocycles. The molecule has 192 valence electrons. The van der Waals surface area contributed by atoms with E-state index in [2.05, 4.69) is 15.5 Å². The number of aromatic nitrogens is 2. The van der Waals surface area contributed by atoms with E-state index in [0.29, 0.717) is 23.4 Å². The van der Waals surface area contributed by atoms with Crippen LogP contribution in [-0.2, 0) is 24.8 Å². The molecule has 0 saturated carbocycles. The molecule has 36 heavy (non-hydrogen) atoms. The molecule has 14 heteroatoms. The summed E-state index contributed by atoms with van der Waals surface area (Å²) in [4.78, 5) is 13.0. The van der Waals surface area contributed by atoms with Crippen molar-refractivity contribution in [2.24, 2.45) is 5.92 Å². The smallest absolute Gasteiger partial charge is 0.322 e. The Morgan fingerprint density at radius 3 is 2.14 bits per heavy atom. The van der Waals surface area contributed by atoms with Crippen LogP contribution in [0.15, 0.2) is 62.7 Å². The van der Waals surface area contributed by atoms with Crippen LogP contribution in [0.25, 0.3) is 11.5 Å². The van der Waals surface area contributed by atoms with Crippen LogP contribution in [0.5, 0.6) is 0 Å². The average molecular weight is 554 g/mol. The van der Waals surface area contributed by atoms with Crippen LogP contribution < -0.4 is 5.32 Å². The van der Waals surface area contributed by atoms with Crippen LogP contribution >= 0.6 is 11.6 Å². The maximum Gasteiger partial charge on any atom is 0.322 e. The van der Waals surface area contributed by atoms with E-state index in [0.717, 1.165) is 4.31 Å². The first-order valence-electron chi connectivity index (χ1n) is 10.9. The van der Waals surface area contributed by atoms with Crippen LogP contribution in [0.3, 0.4) is 0 Å². The van der Waals surface area contributed by atoms with E-state index >= 15 is 0 Å². The van der Waals surface area contributed by atoms with Gasteiger partial charge in [-0.1, -0.05) is 16.7 Å². The summed E-state index contributed by atoms with van der Waals surface area (Å²) in [6, 6.07) is 11.8. The molecular formula is C22H24ClN5O6S2. The highest BCUT2D eigenvalue weighted by Gasteiger charge is 2.32. The van der Waals surface area contributed by atoms with Gasteiger partial charge in [-0.05, 0) is 61.4 Å². The molecule has 0 aliphatic carbocycles. The van der Waals surface area contributed by atoms with Gasteiger partial charge in [0.25, 0.3) is 0 Å². The zero-order valence-corrected chi connectivity index (χ0v) is 21.8. The fourth-order valence-corrected chi connectivity index (χ4v) is 6.19. The lowest BCUT2D eigenvalue weighted by molar-refractivity contribution is -0.121.